The van der Waals surface area contributed by atoms with Gasteiger partial charge in [0.2, 0.25) is 0 Å². The Morgan fingerprint density at radius 1 is 1.30 bits per heavy atom. The molecular formula is C17H18FNO3S. The summed E-state index contributed by atoms with van der Waals surface area (Å²) in [6.07, 6.45) is 0.405. The number of carbonyl (C=O) groups is 2. The Morgan fingerprint density at radius 2 is 1.96 bits per heavy atom. The van der Waals surface area contributed by atoms with Crippen LogP contribution in [0.5, 0.6) is 0 Å². The van der Waals surface area contributed by atoms with Gasteiger partial charge in [0.25, 0.3) is 5.91 Å². The molecule has 0 radical (unpaired) electrons. The highest BCUT2D eigenvalue weighted by molar-refractivity contribution is 7.17. The fourth-order valence-corrected chi connectivity index (χ4v) is 3.27. The van der Waals surface area contributed by atoms with Gasteiger partial charge in [-0.3, -0.25) is 9.59 Å². The molecule has 2 N–H and O–H groups in total. The first kappa shape index (κ1) is 17.1. The third kappa shape index (κ3) is 4.63. The highest BCUT2D eigenvalue weighted by Crippen LogP contribution is 2.32. The number of carbonyl (C=O) groups excluding carboxylic acids is 1. The predicted molar refractivity (Wildman–Crippen MR) is 88.2 cm³/mol. The Morgan fingerprint density at radius 3 is 2.57 bits per heavy atom. The molecule has 1 heterocycles. The van der Waals surface area contributed by atoms with E-state index >= 15 is 0 Å². The summed E-state index contributed by atoms with van der Waals surface area (Å²) in [5.74, 6) is -1.39. The van der Waals surface area contributed by atoms with Gasteiger partial charge in [-0.15, -0.1) is 11.3 Å². The Hall–Kier alpha value is -2.21. The molecule has 2 aromatic rings. The summed E-state index contributed by atoms with van der Waals surface area (Å²) >= 11 is 1.34. The highest BCUT2D eigenvalue weighted by atomic mass is 32.1. The third-order valence-corrected chi connectivity index (χ3v) is 4.70. The Bertz CT molecular complexity index is 709. The van der Waals surface area contributed by atoms with Crippen molar-refractivity contribution in [1.82, 2.24) is 5.32 Å². The molecule has 6 heteroatoms. The fourth-order valence-electron chi connectivity index (χ4n) is 2.19. The maximum Gasteiger partial charge on any atom is 0.303 e. The quantitative estimate of drug-likeness (QED) is 0.843. The zero-order valence-electron chi connectivity index (χ0n) is 12.9. The second-order valence-corrected chi connectivity index (χ2v) is 6.49. The minimum absolute atomic E-state index is 0.0196. The number of carboxylic acids is 1. The van der Waals surface area contributed by atoms with Gasteiger partial charge >= 0.3 is 5.97 Å². The Labute approximate surface area is 138 Å². The van der Waals surface area contributed by atoms with Gasteiger partial charge in [0.05, 0.1) is 4.88 Å². The minimum atomic E-state index is -0.878. The summed E-state index contributed by atoms with van der Waals surface area (Å²) in [6, 6.07) is 7.74. The van der Waals surface area contributed by atoms with Crippen molar-refractivity contribution in [1.29, 1.82) is 0 Å². The van der Waals surface area contributed by atoms with Crippen LogP contribution < -0.4 is 5.32 Å². The van der Waals surface area contributed by atoms with Crippen LogP contribution in [-0.2, 0) is 4.79 Å². The monoisotopic (exact) mass is 335 g/mol. The first-order valence-corrected chi connectivity index (χ1v) is 8.07. The van der Waals surface area contributed by atoms with Crippen LogP contribution in [0.15, 0.2) is 30.3 Å². The number of aliphatic carboxylic acids is 1. The van der Waals surface area contributed by atoms with E-state index < -0.39 is 5.97 Å². The standard InChI is InChI=1S/C17H18FNO3S/c1-10-9-14(17(22)19-11(2)3-8-15(20)21)23-16(10)12-4-6-13(18)7-5-12/h4-7,9,11H,3,8H2,1-2H3,(H,19,22)(H,20,21). The van der Waals surface area contributed by atoms with Crippen LogP contribution in [0.1, 0.15) is 35.0 Å². The summed E-state index contributed by atoms with van der Waals surface area (Å²) in [5, 5.41) is 11.5. The highest BCUT2D eigenvalue weighted by Gasteiger charge is 2.16. The van der Waals surface area contributed by atoms with Gasteiger partial charge in [-0.1, -0.05) is 12.1 Å². The average molecular weight is 335 g/mol. The fraction of sp³-hybridized carbons (Fsp3) is 0.294. The van der Waals surface area contributed by atoms with Crippen LogP contribution in [0, 0.1) is 12.7 Å². The average Bonchev–Trinajstić information content (AvgIpc) is 2.88. The number of hydrogen-bond acceptors (Lipinski definition) is 3. The SMILES string of the molecule is Cc1cc(C(=O)NC(C)CCC(=O)O)sc1-c1ccc(F)cc1. The van der Waals surface area contributed by atoms with Gasteiger partial charge in [-0.05, 0) is 49.6 Å². The molecule has 0 fully saturated rings. The van der Waals surface area contributed by atoms with E-state index in [0.717, 1.165) is 16.0 Å². The van der Waals surface area contributed by atoms with Gasteiger partial charge in [-0.2, -0.15) is 0 Å². The van der Waals surface area contributed by atoms with Crippen molar-refractivity contribution < 1.29 is 19.1 Å². The number of benzene rings is 1. The number of nitrogens with one attached hydrogen (secondary N) is 1. The van der Waals surface area contributed by atoms with Crippen molar-refractivity contribution in [3.8, 4) is 10.4 Å². The van der Waals surface area contributed by atoms with E-state index in [-0.39, 0.29) is 24.2 Å². The summed E-state index contributed by atoms with van der Waals surface area (Å²) in [4.78, 5) is 24.3. The second kappa shape index (κ2) is 7.37. The molecule has 0 spiro atoms. The van der Waals surface area contributed by atoms with Crippen molar-refractivity contribution in [2.24, 2.45) is 0 Å². The van der Waals surface area contributed by atoms with E-state index in [4.69, 9.17) is 5.11 Å². The Kier molecular flexibility index (Phi) is 5.50. The molecule has 0 saturated carbocycles. The molecule has 2 rings (SSSR count). The van der Waals surface area contributed by atoms with E-state index in [1.54, 1.807) is 25.1 Å². The molecule has 23 heavy (non-hydrogen) atoms. The summed E-state index contributed by atoms with van der Waals surface area (Å²) in [7, 11) is 0. The van der Waals surface area contributed by atoms with Gasteiger partial charge in [0, 0.05) is 17.3 Å². The lowest BCUT2D eigenvalue weighted by molar-refractivity contribution is -0.137. The molecule has 4 nitrogen and oxygen atoms in total. The first-order chi connectivity index (χ1) is 10.9. The van der Waals surface area contributed by atoms with Crippen molar-refractivity contribution in [2.75, 3.05) is 0 Å². The van der Waals surface area contributed by atoms with E-state index in [9.17, 15) is 14.0 Å². The van der Waals surface area contributed by atoms with Crippen molar-refractivity contribution in [2.45, 2.75) is 32.7 Å². The number of hydrogen-bond donors (Lipinski definition) is 2. The molecule has 1 amide bonds. The molecule has 122 valence electrons. The van der Waals surface area contributed by atoms with Crippen LogP contribution in [-0.4, -0.2) is 23.0 Å². The number of amides is 1. The van der Waals surface area contributed by atoms with Crippen LogP contribution in [0.2, 0.25) is 0 Å². The lowest BCUT2D eigenvalue weighted by Gasteiger charge is -2.11. The zero-order chi connectivity index (χ0) is 17.0. The number of carboxylic acid groups (broad SMARTS) is 1. The van der Waals surface area contributed by atoms with Crippen LogP contribution in [0.4, 0.5) is 4.39 Å². The third-order valence-electron chi connectivity index (χ3n) is 3.42. The lowest BCUT2D eigenvalue weighted by atomic mass is 10.1. The predicted octanol–water partition coefficient (Wildman–Crippen LogP) is 3.85. The van der Waals surface area contributed by atoms with Crippen LogP contribution in [0.3, 0.4) is 0 Å². The smallest absolute Gasteiger partial charge is 0.303 e. The molecule has 1 unspecified atom stereocenters. The molecule has 0 bridgehead atoms. The molecule has 0 aliphatic heterocycles. The number of halogens is 1. The van der Waals surface area contributed by atoms with Gasteiger partial charge in [0.1, 0.15) is 5.82 Å². The zero-order valence-corrected chi connectivity index (χ0v) is 13.7. The van der Waals surface area contributed by atoms with E-state index in [1.165, 1.54) is 23.5 Å². The van der Waals surface area contributed by atoms with Crippen molar-refractivity contribution in [3.05, 3.63) is 46.6 Å². The topological polar surface area (TPSA) is 66.4 Å². The van der Waals surface area contributed by atoms with Crippen molar-refractivity contribution in [3.63, 3.8) is 0 Å². The van der Waals surface area contributed by atoms with Gasteiger partial charge in [-0.25, -0.2) is 4.39 Å². The first-order valence-electron chi connectivity index (χ1n) is 7.26. The summed E-state index contributed by atoms with van der Waals surface area (Å²) in [6.45, 7) is 3.68. The molecular weight excluding hydrogens is 317 g/mol. The number of rotatable bonds is 6. The molecule has 0 saturated heterocycles. The summed E-state index contributed by atoms with van der Waals surface area (Å²) in [5.41, 5.74) is 1.82. The largest absolute Gasteiger partial charge is 0.481 e. The van der Waals surface area contributed by atoms with E-state index in [1.807, 2.05) is 6.92 Å². The molecule has 0 aliphatic rings. The molecule has 0 aliphatic carbocycles. The normalized spacial score (nSPS) is 12.0. The maximum atomic E-state index is 13.0. The number of thiophene rings is 1. The molecule has 1 aromatic heterocycles. The van der Waals surface area contributed by atoms with Crippen LogP contribution >= 0.6 is 11.3 Å². The van der Waals surface area contributed by atoms with Crippen LogP contribution in [0.25, 0.3) is 10.4 Å². The van der Waals surface area contributed by atoms with E-state index in [2.05, 4.69) is 5.32 Å². The molecule has 1 atom stereocenters. The van der Waals surface area contributed by atoms with Gasteiger partial charge in [0.15, 0.2) is 0 Å². The van der Waals surface area contributed by atoms with Crippen molar-refractivity contribution >= 4 is 23.2 Å². The lowest BCUT2D eigenvalue weighted by Crippen LogP contribution is -2.32. The minimum Gasteiger partial charge on any atom is -0.481 e. The van der Waals surface area contributed by atoms with E-state index in [0.29, 0.717) is 11.3 Å². The second-order valence-electron chi connectivity index (χ2n) is 5.44. The summed E-state index contributed by atoms with van der Waals surface area (Å²) < 4.78 is 13.0. The van der Waals surface area contributed by atoms with Gasteiger partial charge < -0.3 is 10.4 Å². The number of aryl methyl sites for hydroxylation is 1. The maximum absolute atomic E-state index is 13.0. The molecule has 1 aromatic carbocycles. The Balaban J connectivity index is 2.09.